The summed E-state index contributed by atoms with van der Waals surface area (Å²) in [4.78, 5) is 49.5. The lowest BCUT2D eigenvalue weighted by atomic mass is 10.1. The molecule has 0 aliphatic heterocycles. The summed E-state index contributed by atoms with van der Waals surface area (Å²) in [6, 6.07) is 33.6. The van der Waals surface area contributed by atoms with Gasteiger partial charge in [-0.25, -0.2) is 4.98 Å². The van der Waals surface area contributed by atoms with Crippen molar-refractivity contribution in [1.29, 1.82) is 0 Å². The maximum atomic E-state index is 13.6. The molecule has 234 valence electrons. The predicted molar refractivity (Wildman–Crippen MR) is 191 cm³/mol. The first-order chi connectivity index (χ1) is 22.8. The van der Waals surface area contributed by atoms with Gasteiger partial charge in [0.15, 0.2) is 5.13 Å². The largest absolute Gasteiger partial charge is 0.361 e. The van der Waals surface area contributed by atoms with Crippen LogP contribution in [0.15, 0.2) is 126 Å². The van der Waals surface area contributed by atoms with Crippen LogP contribution in [0.2, 0.25) is 0 Å². The summed E-state index contributed by atoms with van der Waals surface area (Å²) >= 11 is 2.81. The molecular weight excluding hydrogens is 627 g/mol. The molecule has 4 aromatic carbocycles. The zero-order valence-corrected chi connectivity index (χ0v) is 27.2. The molecule has 0 saturated heterocycles. The van der Waals surface area contributed by atoms with Crippen LogP contribution in [0.4, 0.5) is 10.8 Å². The fourth-order valence-corrected chi connectivity index (χ4v) is 6.70. The van der Waals surface area contributed by atoms with E-state index in [2.05, 4.69) is 25.9 Å². The Labute approximate surface area is 280 Å². The molecule has 6 aromatic rings. The first kappa shape index (κ1) is 31.5. The number of hydrogen-bond donors (Lipinski definition) is 4. The molecule has 8 nitrogen and oxygen atoms in total. The minimum absolute atomic E-state index is 0.0861. The van der Waals surface area contributed by atoms with Crippen LogP contribution in [0, 0.1) is 6.92 Å². The smallest absolute Gasteiger partial charge is 0.272 e. The molecule has 1 atom stereocenters. The molecule has 47 heavy (non-hydrogen) atoms. The number of rotatable bonds is 10. The van der Waals surface area contributed by atoms with Crippen molar-refractivity contribution in [2.75, 3.05) is 10.6 Å². The highest BCUT2D eigenvalue weighted by Crippen LogP contribution is 2.32. The Hall–Kier alpha value is -5.45. The summed E-state index contributed by atoms with van der Waals surface area (Å²) in [5.74, 6) is -1.06. The van der Waals surface area contributed by atoms with E-state index in [1.165, 1.54) is 23.1 Å². The Bertz CT molecular complexity index is 2090. The van der Waals surface area contributed by atoms with Crippen molar-refractivity contribution in [1.82, 2.24) is 15.3 Å². The van der Waals surface area contributed by atoms with Crippen molar-refractivity contribution in [3.63, 3.8) is 0 Å². The van der Waals surface area contributed by atoms with Crippen molar-refractivity contribution in [2.24, 2.45) is 0 Å². The highest BCUT2D eigenvalue weighted by Gasteiger charge is 2.19. The third-order valence-corrected chi connectivity index (χ3v) is 9.28. The second-order valence-electron chi connectivity index (χ2n) is 10.7. The lowest BCUT2D eigenvalue weighted by Crippen LogP contribution is -2.30. The summed E-state index contributed by atoms with van der Waals surface area (Å²) in [5.41, 5.74) is 4.57. The van der Waals surface area contributed by atoms with Crippen LogP contribution in [-0.2, 0) is 9.59 Å². The Balaban J connectivity index is 1.16. The Morgan fingerprint density at radius 3 is 2.38 bits per heavy atom. The number of para-hydroxylation sites is 1. The number of carbonyl (C=O) groups excluding carboxylic acids is 3. The standard InChI is InChI=1S/C37H31N5O3S2/c1-23-33(25-12-5-3-6-13-25)41-37(47-23)42-34(43)24(2)46-29-17-11-16-28(21-29)39-36(45)32(40-35(44)26-14-7-4-8-15-26)20-27-22-38-31-19-10-9-18-30(27)31/h3-22,24,38H,1-2H3,(H,39,45)(H,40,44)(H,41,42,43)/b32-20-. The summed E-state index contributed by atoms with van der Waals surface area (Å²) in [7, 11) is 0. The first-order valence-electron chi connectivity index (χ1n) is 14.9. The van der Waals surface area contributed by atoms with Crippen molar-refractivity contribution < 1.29 is 14.4 Å². The summed E-state index contributed by atoms with van der Waals surface area (Å²) in [5, 5.41) is 9.68. The van der Waals surface area contributed by atoms with E-state index in [1.54, 1.807) is 48.7 Å². The molecule has 0 aliphatic rings. The van der Waals surface area contributed by atoms with E-state index < -0.39 is 17.1 Å². The van der Waals surface area contributed by atoms with E-state index in [9.17, 15) is 14.4 Å². The van der Waals surface area contributed by atoms with Gasteiger partial charge in [0.1, 0.15) is 5.70 Å². The number of benzene rings is 4. The van der Waals surface area contributed by atoms with Crippen LogP contribution in [0.1, 0.15) is 27.7 Å². The van der Waals surface area contributed by atoms with Gasteiger partial charge < -0.3 is 20.9 Å². The van der Waals surface area contributed by atoms with Crippen LogP contribution in [0.3, 0.4) is 0 Å². The number of amides is 3. The van der Waals surface area contributed by atoms with E-state index in [-0.39, 0.29) is 11.6 Å². The molecule has 3 amide bonds. The van der Waals surface area contributed by atoms with Crippen molar-refractivity contribution in [3.8, 4) is 11.3 Å². The number of fused-ring (bicyclic) bond motifs is 1. The fourth-order valence-electron chi connectivity index (χ4n) is 4.94. The molecule has 0 fully saturated rings. The number of carbonyl (C=O) groups is 3. The van der Waals surface area contributed by atoms with Gasteiger partial charge in [0.2, 0.25) is 5.91 Å². The van der Waals surface area contributed by atoms with E-state index in [1.807, 2.05) is 86.6 Å². The second kappa shape index (κ2) is 14.3. The van der Waals surface area contributed by atoms with Gasteiger partial charge in [0.05, 0.1) is 10.9 Å². The lowest BCUT2D eigenvalue weighted by molar-refractivity contribution is -0.115. The number of aromatic amines is 1. The predicted octanol–water partition coefficient (Wildman–Crippen LogP) is 8.13. The van der Waals surface area contributed by atoms with Gasteiger partial charge in [-0.2, -0.15) is 0 Å². The van der Waals surface area contributed by atoms with Gasteiger partial charge in [0.25, 0.3) is 11.8 Å². The molecule has 0 aliphatic carbocycles. The van der Waals surface area contributed by atoms with Gasteiger partial charge in [-0.3, -0.25) is 14.4 Å². The van der Waals surface area contributed by atoms with Gasteiger partial charge in [-0.1, -0.05) is 72.8 Å². The van der Waals surface area contributed by atoms with Crippen LogP contribution < -0.4 is 16.0 Å². The number of H-pyrrole nitrogens is 1. The average Bonchev–Trinajstić information content (AvgIpc) is 3.67. The molecule has 0 spiro atoms. The quantitative estimate of drug-likeness (QED) is 0.0877. The molecule has 2 heterocycles. The first-order valence-corrected chi connectivity index (χ1v) is 16.6. The van der Waals surface area contributed by atoms with Gasteiger partial charge >= 0.3 is 0 Å². The van der Waals surface area contributed by atoms with Crippen molar-refractivity contribution >= 4 is 68.6 Å². The number of aromatic nitrogens is 2. The molecule has 6 rings (SSSR count). The van der Waals surface area contributed by atoms with Crippen LogP contribution >= 0.6 is 23.1 Å². The highest BCUT2D eigenvalue weighted by atomic mass is 32.2. The second-order valence-corrected chi connectivity index (χ2v) is 13.3. The Morgan fingerprint density at radius 2 is 1.60 bits per heavy atom. The van der Waals surface area contributed by atoms with Gasteiger partial charge in [0, 0.05) is 49.3 Å². The van der Waals surface area contributed by atoms with Gasteiger partial charge in [-0.15, -0.1) is 23.1 Å². The molecule has 0 bridgehead atoms. The minimum Gasteiger partial charge on any atom is -0.361 e. The number of nitrogens with one attached hydrogen (secondary N) is 4. The Morgan fingerprint density at radius 1 is 0.872 bits per heavy atom. The van der Waals surface area contributed by atoms with E-state index in [0.717, 1.165) is 37.5 Å². The number of hydrogen-bond acceptors (Lipinski definition) is 6. The van der Waals surface area contributed by atoms with Crippen molar-refractivity contribution in [3.05, 3.63) is 137 Å². The molecule has 1 unspecified atom stereocenters. The lowest BCUT2D eigenvalue weighted by Gasteiger charge is -2.13. The zero-order chi connectivity index (χ0) is 32.8. The number of anilines is 2. The molecular formula is C37H31N5O3S2. The number of aryl methyl sites for hydroxylation is 1. The summed E-state index contributed by atoms with van der Waals surface area (Å²) in [6.45, 7) is 3.81. The minimum atomic E-state index is -0.485. The Kier molecular flexibility index (Phi) is 9.61. The van der Waals surface area contributed by atoms with E-state index in [4.69, 9.17) is 0 Å². The molecule has 4 N–H and O–H groups in total. The number of thiazole rings is 1. The maximum absolute atomic E-state index is 13.6. The average molecular weight is 658 g/mol. The topological polar surface area (TPSA) is 116 Å². The monoisotopic (exact) mass is 657 g/mol. The summed E-state index contributed by atoms with van der Waals surface area (Å²) in [6.07, 6.45) is 3.45. The highest BCUT2D eigenvalue weighted by molar-refractivity contribution is 8.00. The molecule has 2 aromatic heterocycles. The van der Waals surface area contributed by atoms with E-state index >= 15 is 0 Å². The van der Waals surface area contributed by atoms with Crippen LogP contribution in [-0.4, -0.2) is 32.9 Å². The fraction of sp³-hybridized carbons (Fsp3) is 0.0811. The van der Waals surface area contributed by atoms with Crippen molar-refractivity contribution in [2.45, 2.75) is 24.0 Å². The number of thioether (sulfide) groups is 1. The molecule has 0 radical (unpaired) electrons. The third kappa shape index (κ3) is 7.69. The third-order valence-electron chi connectivity index (χ3n) is 7.30. The normalized spacial score (nSPS) is 12.0. The number of nitrogens with zero attached hydrogens (tertiary/aromatic N) is 1. The molecule has 10 heteroatoms. The van der Waals surface area contributed by atoms with Crippen LogP contribution in [0.5, 0.6) is 0 Å². The molecule has 0 saturated carbocycles. The van der Waals surface area contributed by atoms with Crippen LogP contribution in [0.25, 0.3) is 28.2 Å². The zero-order valence-electron chi connectivity index (χ0n) is 25.6. The maximum Gasteiger partial charge on any atom is 0.272 e. The van der Waals surface area contributed by atoms with E-state index in [0.29, 0.717) is 16.4 Å². The summed E-state index contributed by atoms with van der Waals surface area (Å²) < 4.78 is 0. The van der Waals surface area contributed by atoms with Gasteiger partial charge in [-0.05, 0) is 56.3 Å². The SMILES string of the molecule is Cc1sc(NC(=O)C(C)Sc2cccc(NC(=O)/C(=C/c3c[nH]c4ccccc34)NC(=O)c3ccccc3)c2)nc1-c1ccccc1.